The fourth-order valence-electron chi connectivity index (χ4n) is 2.86. The smallest absolute Gasteiger partial charge is 0.207 e. The summed E-state index contributed by atoms with van der Waals surface area (Å²) in [6, 6.07) is 9.60. The van der Waals surface area contributed by atoms with Gasteiger partial charge in [-0.3, -0.25) is 9.36 Å². The van der Waals surface area contributed by atoms with Gasteiger partial charge in [-0.1, -0.05) is 0 Å². The molecule has 0 aliphatic carbocycles. The lowest BCUT2D eigenvalue weighted by molar-refractivity contribution is 0.270. The number of aromatic nitrogens is 2. The first kappa shape index (κ1) is 13.0. The minimum atomic E-state index is -0.308. The highest BCUT2D eigenvalue weighted by Gasteiger charge is 2.22. The van der Waals surface area contributed by atoms with E-state index in [1.54, 1.807) is 35.0 Å². The summed E-state index contributed by atoms with van der Waals surface area (Å²) in [4.78, 5) is 17.0. The monoisotopic (exact) mass is 296 g/mol. The largest absolute Gasteiger partial charge is 0.478 e. The molecule has 0 fully saturated rings. The van der Waals surface area contributed by atoms with Crippen LogP contribution in [0.1, 0.15) is 12.0 Å². The van der Waals surface area contributed by atoms with Gasteiger partial charge in [-0.25, -0.2) is 9.37 Å². The summed E-state index contributed by atoms with van der Waals surface area (Å²) in [5.74, 6) is 0.214. The maximum atomic E-state index is 13.2. The Labute approximate surface area is 125 Å². The Morgan fingerprint density at radius 1 is 1.18 bits per heavy atom. The molecular formula is C17H13FN2O2. The maximum Gasteiger partial charge on any atom is 0.207 e. The normalized spacial score (nSPS) is 13.7. The number of rotatable bonds is 1. The molecule has 0 spiro atoms. The van der Waals surface area contributed by atoms with Crippen molar-refractivity contribution < 1.29 is 9.13 Å². The van der Waals surface area contributed by atoms with Gasteiger partial charge >= 0.3 is 0 Å². The number of pyridine rings is 2. The number of benzene rings is 1. The molecule has 0 unspecified atom stereocenters. The minimum Gasteiger partial charge on any atom is -0.478 e. The predicted octanol–water partition coefficient (Wildman–Crippen LogP) is 2.85. The van der Waals surface area contributed by atoms with Gasteiger partial charge in [0.15, 0.2) is 11.1 Å². The second kappa shape index (κ2) is 4.94. The summed E-state index contributed by atoms with van der Waals surface area (Å²) in [5.41, 5.74) is 1.88. The van der Waals surface area contributed by atoms with Crippen molar-refractivity contribution in [1.29, 1.82) is 0 Å². The van der Waals surface area contributed by atoms with E-state index in [1.807, 2.05) is 0 Å². The van der Waals surface area contributed by atoms with E-state index in [-0.39, 0.29) is 11.2 Å². The summed E-state index contributed by atoms with van der Waals surface area (Å²) in [5, 5.41) is 0.552. The van der Waals surface area contributed by atoms with Gasteiger partial charge in [0.2, 0.25) is 5.88 Å². The Balaban J connectivity index is 2.14. The summed E-state index contributed by atoms with van der Waals surface area (Å²) >= 11 is 0. The van der Waals surface area contributed by atoms with Crippen LogP contribution in [-0.2, 0) is 6.42 Å². The highest BCUT2D eigenvalue weighted by molar-refractivity contribution is 5.79. The van der Waals surface area contributed by atoms with Crippen LogP contribution in [-0.4, -0.2) is 16.2 Å². The van der Waals surface area contributed by atoms with E-state index >= 15 is 0 Å². The lowest BCUT2D eigenvalue weighted by atomic mass is 10.1. The third-order valence-electron chi connectivity index (χ3n) is 3.87. The van der Waals surface area contributed by atoms with Crippen molar-refractivity contribution in [3.8, 4) is 11.6 Å². The van der Waals surface area contributed by atoms with Gasteiger partial charge in [0, 0.05) is 6.20 Å². The average molecular weight is 296 g/mol. The van der Waals surface area contributed by atoms with Crippen LogP contribution >= 0.6 is 0 Å². The molecule has 0 radical (unpaired) electrons. The highest BCUT2D eigenvalue weighted by atomic mass is 19.1. The van der Waals surface area contributed by atoms with E-state index < -0.39 is 0 Å². The van der Waals surface area contributed by atoms with E-state index in [9.17, 15) is 9.18 Å². The molecule has 0 bridgehead atoms. The van der Waals surface area contributed by atoms with Crippen molar-refractivity contribution in [2.45, 2.75) is 12.8 Å². The van der Waals surface area contributed by atoms with Gasteiger partial charge < -0.3 is 4.74 Å². The highest BCUT2D eigenvalue weighted by Crippen LogP contribution is 2.29. The zero-order valence-electron chi connectivity index (χ0n) is 11.8. The first-order chi connectivity index (χ1) is 10.8. The van der Waals surface area contributed by atoms with Crippen LogP contribution in [0, 0.1) is 5.82 Å². The van der Waals surface area contributed by atoms with Crippen molar-refractivity contribution in [3.63, 3.8) is 0 Å². The molecule has 1 aromatic carbocycles. The van der Waals surface area contributed by atoms with Crippen LogP contribution in [0.3, 0.4) is 0 Å². The molecule has 2 aromatic heterocycles. The predicted molar refractivity (Wildman–Crippen MR) is 81.1 cm³/mol. The molecule has 3 heterocycles. The quantitative estimate of drug-likeness (QED) is 0.693. The lowest BCUT2D eigenvalue weighted by Gasteiger charge is -2.23. The molecule has 0 atom stereocenters. The van der Waals surface area contributed by atoms with Crippen molar-refractivity contribution in [1.82, 2.24) is 9.55 Å². The first-order valence-electron chi connectivity index (χ1n) is 7.17. The summed E-state index contributed by atoms with van der Waals surface area (Å²) in [6.45, 7) is 0.561. The van der Waals surface area contributed by atoms with Crippen molar-refractivity contribution in [2.75, 3.05) is 6.61 Å². The summed E-state index contributed by atoms with van der Waals surface area (Å²) in [6.07, 6.45) is 3.13. The summed E-state index contributed by atoms with van der Waals surface area (Å²) in [7, 11) is 0. The zero-order chi connectivity index (χ0) is 15.1. The van der Waals surface area contributed by atoms with E-state index in [0.717, 1.165) is 12.1 Å². The standard InChI is InChI=1S/C17H13FN2O2/c18-11-5-7-12(8-6-11)20-16-13(3-1-9-19-16)15(21)14-4-2-10-22-17(14)20/h1,3,5-9H,2,4,10H2. The third kappa shape index (κ3) is 1.89. The van der Waals surface area contributed by atoms with E-state index in [2.05, 4.69) is 4.98 Å². The molecule has 22 heavy (non-hydrogen) atoms. The van der Waals surface area contributed by atoms with Crippen LogP contribution in [0.15, 0.2) is 47.4 Å². The molecule has 0 saturated heterocycles. The van der Waals surface area contributed by atoms with Crippen molar-refractivity contribution in [3.05, 3.63) is 64.2 Å². The first-order valence-corrected chi connectivity index (χ1v) is 7.17. The number of halogens is 1. The van der Waals surface area contributed by atoms with Gasteiger partial charge in [0.25, 0.3) is 0 Å². The molecule has 4 rings (SSSR count). The number of nitrogens with zero attached hydrogens (tertiary/aromatic N) is 2. The van der Waals surface area contributed by atoms with E-state index in [1.165, 1.54) is 12.1 Å². The second-order valence-corrected chi connectivity index (χ2v) is 5.25. The van der Waals surface area contributed by atoms with Gasteiger partial charge in [-0.15, -0.1) is 0 Å². The molecule has 0 N–H and O–H groups in total. The van der Waals surface area contributed by atoms with Gasteiger partial charge in [0.1, 0.15) is 5.82 Å². The fraction of sp³-hybridized carbons (Fsp3) is 0.176. The van der Waals surface area contributed by atoms with Gasteiger partial charge in [-0.05, 0) is 49.2 Å². The van der Waals surface area contributed by atoms with Crippen LogP contribution in [0.4, 0.5) is 4.39 Å². The summed E-state index contributed by atoms with van der Waals surface area (Å²) < 4.78 is 20.8. The second-order valence-electron chi connectivity index (χ2n) is 5.25. The molecule has 0 amide bonds. The Bertz CT molecular complexity index is 916. The maximum absolute atomic E-state index is 13.2. The number of hydrogen-bond donors (Lipinski definition) is 0. The van der Waals surface area contributed by atoms with Crippen molar-refractivity contribution in [2.24, 2.45) is 0 Å². The van der Waals surface area contributed by atoms with Crippen LogP contribution in [0.25, 0.3) is 16.7 Å². The molecule has 1 aliphatic heterocycles. The topological polar surface area (TPSA) is 44.1 Å². The Morgan fingerprint density at radius 3 is 2.82 bits per heavy atom. The Morgan fingerprint density at radius 2 is 2.00 bits per heavy atom. The molecule has 110 valence electrons. The van der Waals surface area contributed by atoms with Gasteiger partial charge in [-0.2, -0.15) is 0 Å². The molecular weight excluding hydrogens is 283 g/mol. The molecule has 4 nitrogen and oxygen atoms in total. The van der Waals surface area contributed by atoms with Gasteiger partial charge in [0.05, 0.1) is 23.2 Å². The Hall–Kier alpha value is -2.69. The van der Waals surface area contributed by atoms with E-state index in [0.29, 0.717) is 35.5 Å². The number of hydrogen-bond acceptors (Lipinski definition) is 3. The van der Waals surface area contributed by atoms with Crippen LogP contribution in [0.2, 0.25) is 0 Å². The Kier molecular flexibility index (Phi) is 2.92. The number of ether oxygens (including phenoxy) is 1. The van der Waals surface area contributed by atoms with E-state index in [4.69, 9.17) is 4.74 Å². The lowest BCUT2D eigenvalue weighted by Crippen LogP contribution is -2.23. The van der Waals surface area contributed by atoms with Crippen LogP contribution in [0.5, 0.6) is 5.88 Å². The minimum absolute atomic E-state index is 0.0313. The zero-order valence-corrected chi connectivity index (χ0v) is 11.8. The molecule has 0 saturated carbocycles. The fourth-order valence-corrected chi connectivity index (χ4v) is 2.86. The molecule has 3 aromatic rings. The average Bonchev–Trinajstić information content (AvgIpc) is 2.57. The molecule has 5 heteroatoms. The third-order valence-corrected chi connectivity index (χ3v) is 3.87. The molecule has 1 aliphatic rings. The SMILES string of the molecule is O=c1c2c(n(-c3ccc(F)cc3)c3ncccc13)OCCC2. The van der Waals surface area contributed by atoms with Crippen LogP contribution < -0.4 is 10.2 Å². The van der Waals surface area contributed by atoms with Crippen molar-refractivity contribution >= 4 is 11.0 Å². The number of fused-ring (bicyclic) bond motifs is 2.